The summed E-state index contributed by atoms with van der Waals surface area (Å²) in [5.41, 5.74) is 3.58. The van der Waals surface area contributed by atoms with Crippen molar-refractivity contribution < 1.29 is 0 Å². The first kappa shape index (κ1) is 18.0. The van der Waals surface area contributed by atoms with Crippen molar-refractivity contribution in [2.24, 2.45) is 0 Å². The maximum absolute atomic E-state index is 4.82. The Labute approximate surface area is 182 Å². The molecule has 0 N–H and O–H groups in total. The molecule has 0 bridgehead atoms. The highest BCUT2D eigenvalue weighted by Gasteiger charge is 2.21. The van der Waals surface area contributed by atoms with Crippen LogP contribution in [-0.2, 0) is 5.41 Å². The fraction of sp³-hybridized carbons (Fsp3) is 0.154. The highest BCUT2D eigenvalue weighted by molar-refractivity contribution is 7.26. The molecule has 30 heavy (non-hydrogen) atoms. The second kappa shape index (κ2) is 6.34. The second-order valence-electron chi connectivity index (χ2n) is 8.77. The van der Waals surface area contributed by atoms with Crippen LogP contribution >= 0.6 is 22.7 Å². The van der Waals surface area contributed by atoms with Gasteiger partial charge >= 0.3 is 0 Å². The molecule has 0 spiro atoms. The van der Waals surface area contributed by atoms with Gasteiger partial charge in [-0.25, -0.2) is 9.97 Å². The fourth-order valence-electron chi connectivity index (χ4n) is 4.43. The van der Waals surface area contributed by atoms with E-state index in [0.717, 1.165) is 16.1 Å². The number of fused-ring (bicyclic) bond motifs is 6. The Morgan fingerprint density at radius 1 is 0.800 bits per heavy atom. The average molecular weight is 425 g/mol. The Kier molecular flexibility index (Phi) is 3.80. The minimum absolute atomic E-state index is 0.0408. The van der Waals surface area contributed by atoms with E-state index in [1.165, 1.54) is 41.9 Å². The normalized spacial score (nSPS) is 12.5. The molecule has 3 heterocycles. The van der Waals surface area contributed by atoms with Gasteiger partial charge in [-0.1, -0.05) is 45.0 Å². The average Bonchev–Trinajstić information content (AvgIpc) is 3.35. The lowest BCUT2D eigenvalue weighted by atomic mass is 9.82. The van der Waals surface area contributed by atoms with Crippen molar-refractivity contribution in [1.29, 1.82) is 0 Å². The van der Waals surface area contributed by atoms with Crippen LogP contribution in [0.2, 0.25) is 0 Å². The van der Waals surface area contributed by atoms with Crippen molar-refractivity contribution >= 4 is 63.8 Å². The summed E-state index contributed by atoms with van der Waals surface area (Å²) in [7, 11) is 0. The van der Waals surface area contributed by atoms with E-state index in [4.69, 9.17) is 4.98 Å². The molecule has 3 aromatic carbocycles. The van der Waals surface area contributed by atoms with Gasteiger partial charge < -0.3 is 0 Å². The zero-order chi connectivity index (χ0) is 20.5. The number of aromatic nitrogens is 2. The Morgan fingerprint density at radius 3 is 2.50 bits per heavy atom. The third-order valence-corrected chi connectivity index (χ3v) is 7.75. The van der Waals surface area contributed by atoms with Crippen LogP contribution in [0.3, 0.4) is 0 Å². The first-order chi connectivity index (χ1) is 14.5. The first-order valence-corrected chi connectivity index (χ1v) is 11.8. The van der Waals surface area contributed by atoms with Gasteiger partial charge in [-0.3, -0.25) is 0 Å². The standard InChI is InChI=1S/C26H20N2S2/c1-26(2,3)19-13-16(12-15-6-4-5-7-17(15)19)24-23-22-18-10-11-29-20(18)8-9-21(22)30-25(23)28-14-27-24/h4-14H,1-3H3. The lowest BCUT2D eigenvalue weighted by Crippen LogP contribution is -2.12. The molecule has 146 valence electrons. The van der Waals surface area contributed by atoms with E-state index in [-0.39, 0.29) is 5.41 Å². The Balaban J connectivity index is 1.76. The molecular weight excluding hydrogens is 404 g/mol. The number of rotatable bonds is 1. The van der Waals surface area contributed by atoms with E-state index in [1.54, 1.807) is 29.0 Å². The molecule has 0 aliphatic carbocycles. The van der Waals surface area contributed by atoms with Crippen molar-refractivity contribution in [3.8, 4) is 11.3 Å². The van der Waals surface area contributed by atoms with Gasteiger partial charge in [0.05, 0.1) is 5.69 Å². The summed E-state index contributed by atoms with van der Waals surface area (Å²) in [6.07, 6.45) is 1.71. The van der Waals surface area contributed by atoms with E-state index in [1.807, 2.05) is 0 Å². The molecule has 3 aromatic heterocycles. The number of hydrogen-bond acceptors (Lipinski definition) is 4. The van der Waals surface area contributed by atoms with Gasteiger partial charge in [-0.15, -0.1) is 22.7 Å². The maximum Gasteiger partial charge on any atom is 0.128 e. The smallest absolute Gasteiger partial charge is 0.128 e. The lowest BCUT2D eigenvalue weighted by molar-refractivity contribution is 0.596. The topological polar surface area (TPSA) is 25.8 Å². The molecule has 0 aliphatic rings. The summed E-state index contributed by atoms with van der Waals surface area (Å²) in [6, 6.07) is 20.0. The van der Waals surface area contributed by atoms with E-state index in [0.29, 0.717) is 0 Å². The Bertz CT molecular complexity index is 1580. The molecular formula is C26H20N2S2. The number of thiophene rings is 2. The summed E-state index contributed by atoms with van der Waals surface area (Å²) in [5, 5.41) is 8.51. The van der Waals surface area contributed by atoms with Crippen LogP contribution in [-0.4, -0.2) is 9.97 Å². The van der Waals surface area contributed by atoms with Crippen LogP contribution in [0.5, 0.6) is 0 Å². The van der Waals surface area contributed by atoms with Crippen LogP contribution in [0, 0.1) is 0 Å². The minimum atomic E-state index is 0.0408. The van der Waals surface area contributed by atoms with Gasteiger partial charge in [0, 0.05) is 31.1 Å². The van der Waals surface area contributed by atoms with Crippen molar-refractivity contribution in [3.63, 3.8) is 0 Å². The number of nitrogens with zero attached hydrogens (tertiary/aromatic N) is 2. The molecule has 0 fully saturated rings. The summed E-state index contributed by atoms with van der Waals surface area (Å²) < 4.78 is 2.58. The Morgan fingerprint density at radius 2 is 1.63 bits per heavy atom. The molecule has 0 unspecified atom stereocenters. The summed E-state index contributed by atoms with van der Waals surface area (Å²) in [5.74, 6) is 0. The molecule has 4 heteroatoms. The third kappa shape index (κ3) is 2.60. The lowest BCUT2D eigenvalue weighted by Gasteiger charge is -2.22. The summed E-state index contributed by atoms with van der Waals surface area (Å²) in [4.78, 5) is 10.5. The SMILES string of the molecule is CC(C)(C)c1cc(-c2ncnc3sc4ccc5sccc5c4c23)cc2ccccc12. The maximum atomic E-state index is 4.82. The first-order valence-electron chi connectivity index (χ1n) is 10.1. The highest BCUT2D eigenvalue weighted by atomic mass is 32.1. The Hall–Kier alpha value is -2.82. The zero-order valence-electron chi connectivity index (χ0n) is 17.1. The van der Waals surface area contributed by atoms with E-state index in [2.05, 4.69) is 85.7 Å². The van der Waals surface area contributed by atoms with Crippen LogP contribution in [0.1, 0.15) is 26.3 Å². The van der Waals surface area contributed by atoms with Crippen LogP contribution < -0.4 is 0 Å². The van der Waals surface area contributed by atoms with Crippen molar-refractivity contribution in [1.82, 2.24) is 9.97 Å². The number of hydrogen-bond donors (Lipinski definition) is 0. The molecule has 0 radical (unpaired) electrons. The largest absolute Gasteiger partial charge is 0.236 e. The number of benzene rings is 3. The van der Waals surface area contributed by atoms with Crippen molar-refractivity contribution in [2.45, 2.75) is 26.2 Å². The second-order valence-corrected chi connectivity index (χ2v) is 10.7. The highest BCUT2D eigenvalue weighted by Crippen LogP contribution is 2.43. The molecule has 0 aliphatic heterocycles. The molecule has 6 rings (SSSR count). The van der Waals surface area contributed by atoms with Gasteiger partial charge in [0.15, 0.2) is 0 Å². The van der Waals surface area contributed by atoms with E-state index in [9.17, 15) is 0 Å². The molecule has 0 saturated heterocycles. The van der Waals surface area contributed by atoms with Gasteiger partial charge in [0.25, 0.3) is 0 Å². The van der Waals surface area contributed by atoms with Crippen molar-refractivity contribution in [2.75, 3.05) is 0 Å². The van der Waals surface area contributed by atoms with Crippen molar-refractivity contribution in [3.05, 3.63) is 71.9 Å². The van der Waals surface area contributed by atoms with Gasteiger partial charge in [-0.05, 0) is 57.5 Å². The van der Waals surface area contributed by atoms with Gasteiger partial charge in [-0.2, -0.15) is 0 Å². The summed E-state index contributed by atoms with van der Waals surface area (Å²) >= 11 is 3.54. The fourth-order valence-corrected chi connectivity index (χ4v) is 6.28. The minimum Gasteiger partial charge on any atom is -0.236 e. The molecule has 2 nitrogen and oxygen atoms in total. The monoisotopic (exact) mass is 424 g/mol. The predicted octanol–water partition coefficient (Wildman–Crippen LogP) is 8.18. The van der Waals surface area contributed by atoms with E-state index < -0.39 is 0 Å². The van der Waals surface area contributed by atoms with Crippen LogP contribution in [0.25, 0.3) is 52.4 Å². The van der Waals surface area contributed by atoms with Gasteiger partial charge in [0.2, 0.25) is 0 Å². The van der Waals surface area contributed by atoms with Crippen LogP contribution in [0.15, 0.2) is 66.3 Å². The van der Waals surface area contributed by atoms with E-state index >= 15 is 0 Å². The predicted molar refractivity (Wildman–Crippen MR) is 132 cm³/mol. The quantitative estimate of drug-likeness (QED) is 0.266. The van der Waals surface area contributed by atoms with Gasteiger partial charge in [0.1, 0.15) is 11.2 Å². The molecule has 0 amide bonds. The zero-order valence-corrected chi connectivity index (χ0v) is 18.7. The van der Waals surface area contributed by atoms with Crippen LogP contribution in [0.4, 0.5) is 0 Å². The third-order valence-electron chi connectivity index (χ3n) is 5.81. The summed E-state index contributed by atoms with van der Waals surface area (Å²) in [6.45, 7) is 6.84. The molecule has 6 aromatic rings. The molecule has 0 saturated carbocycles. The molecule has 0 atom stereocenters.